The van der Waals surface area contributed by atoms with Gasteiger partial charge in [0, 0.05) is 49.6 Å². The molecule has 0 spiro atoms. The molecule has 5 rings (SSSR count). The molecular weight excluding hydrogens is 408 g/mol. The first-order valence-electron chi connectivity index (χ1n) is 10.1. The highest BCUT2D eigenvalue weighted by Gasteiger charge is 2.53. The molecule has 3 unspecified atom stereocenters. The maximum absolute atomic E-state index is 13.0. The molecule has 0 aliphatic carbocycles. The number of nitrogens with two attached hydrogens (primary N) is 1. The van der Waals surface area contributed by atoms with Crippen LogP contribution in [-0.2, 0) is 32.5 Å². The molecule has 0 saturated carbocycles. The fourth-order valence-corrected chi connectivity index (χ4v) is 7.65. The molecule has 0 aromatic heterocycles. The Hall–Kier alpha value is -2.30. The Bertz CT molecular complexity index is 1070. The highest BCUT2D eigenvalue weighted by atomic mass is 32.2. The molecule has 0 radical (unpaired) electrons. The minimum atomic E-state index is -3.06. The van der Waals surface area contributed by atoms with Gasteiger partial charge in [-0.15, -0.1) is 0 Å². The van der Waals surface area contributed by atoms with Crippen molar-refractivity contribution in [2.45, 2.75) is 37.5 Å². The van der Waals surface area contributed by atoms with Crippen LogP contribution in [0.5, 0.6) is 0 Å². The van der Waals surface area contributed by atoms with E-state index < -0.39 is 27.3 Å². The molecule has 160 valence electrons. The van der Waals surface area contributed by atoms with Gasteiger partial charge in [-0.2, -0.15) is 0 Å². The SMILES string of the molecule is NC12CN(Cc3ccc4c(c3)C(=O)N(C3CCC(=O)NC3=O)C4)CC1CS(=O)(=O)C2. The van der Waals surface area contributed by atoms with E-state index >= 15 is 0 Å². The molecule has 10 heteroatoms. The van der Waals surface area contributed by atoms with Gasteiger partial charge in [-0.25, -0.2) is 8.42 Å². The van der Waals surface area contributed by atoms with Crippen molar-refractivity contribution in [1.82, 2.24) is 15.1 Å². The Labute approximate surface area is 174 Å². The van der Waals surface area contributed by atoms with E-state index in [4.69, 9.17) is 5.73 Å². The summed E-state index contributed by atoms with van der Waals surface area (Å²) in [5.74, 6) is -0.792. The van der Waals surface area contributed by atoms with Crippen molar-refractivity contribution < 1.29 is 22.8 Å². The standard InChI is InChI=1S/C20H24N4O5S/c21-20-10-23(8-14(20)9-30(28,29)11-20)6-12-1-2-13-7-24(19(27)15(13)5-12)16-3-4-17(25)22-18(16)26/h1-2,5,14,16H,3-4,6-11,21H2,(H,22,25,26). The van der Waals surface area contributed by atoms with Crippen molar-refractivity contribution in [3.05, 3.63) is 34.9 Å². The van der Waals surface area contributed by atoms with Gasteiger partial charge in [0.1, 0.15) is 6.04 Å². The molecular formula is C20H24N4O5S. The summed E-state index contributed by atoms with van der Waals surface area (Å²) in [6, 6.07) is 5.11. The van der Waals surface area contributed by atoms with E-state index in [0.29, 0.717) is 38.2 Å². The first-order chi connectivity index (χ1) is 14.1. The molecule has 3 atom stereocenters. The number of benzene rings is 1. The van der Waals surface area contributed by atoms with Gasteiger partial charge < -0.3 is 10.6 Å². The number of hydrogen-bond acceptors (Lipinski definition) is 7. The number of piperidine rings is 1. The lowest BCUT2D eigenvalue weighted by Crippen LogP contribution is -2.52. The minimum absolute atomic E-state index is 0.0325. The van der Waals surface area contributed by atoms with Crippen LogP contribution in [0.15, 0.2) is 18.2 Å². The fourth-order valence-electron chi connectivity index (χ4n) is 5.34. The molecule has 0 bridgehead atoms. The van der Waals surface area contributed by atoms with Crippen LogP contribution in [0.3, 0.4) is 0 Å². The van der Waals surface area contributed by atoms with Gasteiger partial charge >= 0.3 is 0 Å². The zero-order chi connectivity index (χ0) is 21.3. The summed E-state index contributed by atoms with van der Waals surface area (Å²) < 4.78 is 23.8. The smallest absolute Gasteiger partial charge is 0.255 e. The van der Waals surface area contributed by atoms with Crippen molar-refractivity contribution >= 4 is 27.6 Å². The van der Waals surface area contributed by atoms with Crippen LogP contribution < -0.4 is 11.1 Å². The molecule has 4 heterocycles. The quantitative estimate of drug-likeness (QED) is 0.586. The molecule has 4 aliphatic rings. The highest BCUT2D eigenvalue weighted by molar-refractivity contribution is 7.91. The molecule has 3 N–H and O–H groups in total. The van der Waals surface area contributed by atoms with Gasteiger partial charge in [-0.05, 0) is 23.6 Å². The van der Waals surface area contributed by atoms with E-state index in [0.717, 1.165) is 11.1 Å². The van der Waals surface area contributed by atoms with Gasteiger partial charge in [-0.1, -0.05) is 12.1 Å². The predicted molar refractivity (Wildman–Crippen MR) is 107 cm³/mol. The first kappa shape index (κ1) is 19.7. The Kier molecular flexibility index (Phi) is 4.32. The number of amides is 3. The summed E-state index contributed by atoms with van der Waals surface area (Å²) in [6.45, 7) is 2.10. The van der Waals surface area contributed by atoms with E-state index in [1.165, 1.54) is 4.90 Å². The average Bonchev–Trinajstić information content (AvgIpc) is 3.19. The van der Waals surface area contributed by atoms with Gasteiger partial charge in [0.2, 0.25) is 11.8 Å². The molecule has 1 aromatic carbocycles. The van der Waals surface area contributed by atoms with E-state index in [2.05, 4.69) is 10.2 Å². The summed E-state index contributed by atoms with van der Waals surface area (Å²) in [5, 5.41) is 2.31. The third-order valence-electron chi connectivity index (χ3n) is 6.75. The Balaban J connectivity index is 1.29. The number of carbonyl (C=O) groups excluding carboxylic acids is 3. The molecule has 4 aliphatic heterocycles. The number of imide groups is 1. The third-order valence-corrected chi connectivity index (χ3v) is 8.64. The maximum atomic E-state index is 13.0. The summed E-state index contributed by atoms with van der Waals surface area (Å²) >= 11 is 0. The van der Waals surface area contributed by atoms with Crippen molar-refractivity contribution in [2.24, 2.45) is 11.7 Å². The molecule has 3 amide bonds. The second-order valence-electron chi connectivity index (χ2n) is 9.05. The van der Waals surface area contributed by atoms with Crippen LogP contribution in [-0.4, -0.2) is 72.1 Å². The Morgan fingerprint density at radius 2 is 2.03 bits per heavy atom. The van der Waals surface area contributed by atoms with E-state index in [1.807, 2.05) is 18.2 Å². The summed E-state index contributed by atoms with van der Waals surface area (Å²) in [7, 11) is -3.06. The Morgan fingerprint density at radius 3 is 2.77 bits per heavy atom. The lowest BCUT2D eigenvalue weighted by Gasteiger charge is -2.29. The number of nitrogens with one attached hydrogen (secondary N) is 1. The molecule has 9 nitrogen and oxygen atoms in total. The fraction of sp³-hybridized carbons (Fsp3) is 0.550. The second kappa shape index (κ2) is 6.60. The van der Waals surface area contributed by atoms with Gasteiger partial charge in [0.05, 0.1) is 11.5 Å². The maximum Gasteiger partial charge on any atom is 0.255 e. The van der Waals surface area contributed by atoms with Crippen LogP contribution in [0.25, 0.3) is 0 Å². The normalized spacial score (nSPS) is 33.0. The molecule has 30 heavy (non-hydrogen) atoms. The van der Waals surface area contributed by atoms with Crippen molar-refractivity contribution in [1.29, 1.82) is 0 Å². The number of rotatable bonds is 3. The molecule has 3 fully saturated rings. The number of sulfone groups is 1. The van der Waals surface area contributed by atoms with Crippen LogP contribution in [0.4, 0.5) is 0 Å². The predicted octanol–water partition coefficient (Wildman–Crippen LogP) is -0.995. The Morgan fingerprint density at radius 1 is 1.23 bits per heavy atom. The highest BCUT2D eigenvalue weighted by Crippen LogP contribution is 2.36. The van der Waals surface area contributed by atoms with E-state index in [1.54, 1.807) is 0 Å². The van der Waals surface area contributed by atoms with Crippen molar-refractivity contribution in [2.75, 3.05) is 24.6 Å². The van der Waals surface area contributed by atoms with Crippen LogP contribution in [0.1, 0.15) is 34.3 Å². The average molecular weight is 433 g/mol. The van der Waals surface area contributed by atoms with Crippen LogP contribution >= 0.6 is 0 Å². The van der Waals surface area contributed by atoms with E-state index in [-0.39, 0.29) is 35.7 Å². The van der Waals surface area contributed by atoms with E-state index in [9.17, 15) is 22.8 Å². The first-order valence-corrected chi connectivity index (χ1v) is 11.9. The lowest BCUT2D eigenvalue weighted by molar-refractivity contribution is -0.136. The lowest BCUT2D eigenvalue weighted by atomic mass is 9.92. The minimum Gasteiger partial charge on any atom is -0.323 e. The third kappa shape index (κ3) is 3.23. The number of nitrogens with zero attached hydrogens (tertiary/aromatic N) is 2. The van der Waals surface area contributed by atoms with Gasteiger partial charge in [0.25, 0.3) is 5.91 Å². The van der Waals surface area contributed by atoms with Crippen molar-refractivity contribution in [3.8, 4) is 0 Å². The van der Waals surface area contributed by atoms with Crippen molar-refractivity contribution in [3.63, 3.8) is 0 Å². The number of carbonyl (C=O) groups is 3. The molecule has 1 aromatic rings. The summed E-state index contributed by atoms with van der Waals surface area (Å²) in [4.78, 5) is 40.2. The monoisotopic (exact) mass is 432 g/mol. The van der Waals surface area contributed by atoms with Gasteiger partial charge in [-0.3, -0.25) is 24.6 Å². The van der Waals surface area contributed by atoms with Crippen LogP contribution in [0, 0.1) is 5.92 Å². The van der Waals surface area contributed by atoms with Gasteiger partial charge in [0.15, 0.2) is 9.84 Å². The summed E-state index contributed by atoms with van der Waals surface area (Å²) in [6.07, 6.45) is 0.572. The summed E-state index contributed by atoms with van der Waals surface area (Å²) in [5.41, 5.74) is 8.10. The topological polar surface area (TPSA) is 130 Å². The number of hydrogen-bond donors (Lipinski definition) is 2. The van der Waals surface area contributed by atoms with Crippen LogP contribution in [0.2, 0.25) is 0 Å². The largest absolute Gasteiger partial charge is 0.323 e. The zero-order valence-corrected chi connectivity index (χ0v) is 17.3. The zero-order valence-electron chi connectivity index (χ0n) is 16.5. The number of likely N-dealkylation sites (tertiary alicyclic amines) is 1. The second-order valence-corrected chi connectivity index (χ2v) is 11.2. The molecule has 3 saturated heterocycles. The number of fused-ring (bicyclic) bond motifs is 2.